The number of amides is 1. The molecule has 4 heteroatoms. The van der Waals surface area contributed by atoms with Crippen molar-refractivity contribution in [1.29, 1.82) is 0 Å². The Labute approximate surface area is 76.6 Å². The molecule has 2 fully saturated rings. The summed E-state index contributed by atoms with van der Waals surface area (Å²) in [6, 6.07) is 0.220. The van der Waals surface area contributed by atoms with Crippen LogP contribution in [-0.4, -0.2) is 25.0 Å². The van der Waals surface area contributed by atoms with Gasteiger partial charge in [0.2, 0.25) is 5.91 Å². The smallest absolute Gasteiger partial charge is 0.247 e. The molecule has 70 valence electrons. The van der Waals surface area contributed by atoms with Gasteiger partial charge in [-0.05, 0) is 12.3 Å². The Hall–Kier alpha value is -1.03. The maximum absolute atomic E-state index is 11.2. The van der Waals surface area contributed by atoms with E-state index in [4.69, 9.17) is 5.73 Å². The third-order valence-corrected chi connectivity index (χ3v) is 3.52. The molecule has 0 saturated carbocycles. The van der Waals surface area contributed by atoms with Gasteiger partial charge in [0.15, 0.2) is 0 Å². The highest BCUT2D eigenvalue weighted by Gasteiger charge is 2.46. The molecule has 3 unspecified atom stereocenters. The van der Waals surface area contributed by atoms with E-state index >= 15 is 0 Å². The zero-order valence-corrected chi connectivity index (χ0v) is 7.34. The van der Waals surface area contributed by atoms with Gasteiger partial charge in [0, 0.05) is 30.7 Å². The van der Waals surface area contributed by atoms with E-state index in [0.717, 1.165) is 36.7 Å². The summed E-state index contributed by atoms with van der Waals surface area (Å²) in [5, 5.41) is 6.67. The lowest BCUT2D eigenvalue weighted by atomic mass is 9.75. The number of hydrogen-bond acceptors (Lipinski definition) is 3. The van der Waals surface area contributed by atoms with Gasteiger partial charge in [0.05, 0.1) is 5.57 Å². The number of carbonyl (C=O) groups excluding carboxylic acids is 1. The lowest BCUT2D eigenvalue weighted by Crippen LogP contribution is -2.51. The normalized spacial score (nSPS) is 40.8. The van der Waals surface area contributed by atoms with E-state index in [-0.39, 0.29) is 11.9 Å². The van der Waals surface area contributed by atoms with E-state index in [0.29, 0.717) is 5.92 Å². The first-order valence-electron chi connectivity index (χ1n) is 4.78. The molecular formula is C9H13N3O. The van der Waals surface area contributed by atoms with E-state index in [9.17, 15) is 4.79 Å². The minimum Gasteiger partial charge on any atom is -0.387 e. The van der Waals surface area contributed by atoms with Crippen LogP contribution in [0.1, 0.15) is 6.42 Å². The molecule has 0 aromatic heterocycles. The van der Waals surface area contributed by atoms with Gasteiger partial charge >= 0.3 is 0 Å². The standard InChI is InChI=1S/C9H13N3O/c10-9(13)7-6-1-4-2-12-8(7)5(4)3-11-6/h4-6,11-12H,1-3H2,(H2,10,13). The summed E-state index contributed by atoms with van der Waals surface area (Å²) >= 11 is 0. The zero-order chi connectivity index (χ0) is 9.00. The minimum atomic E-state index is -0.259. The molecule has 0 aromatic rings. The monoisotopic (exact) mass is 179 g/mol. The van der Waals surface area contributed by atoms with Gasteiger partial charge in [-0.15, -0.1) is 0 Å². The number of carbonyl (C=O) groups is 1. The van der Waals surface area contributed by atoms with Gasteiger partial charge < -0.3 is 16.4 Å². The van der Waals surface area contributed by atoms with Crippen molar-refractivity contribution in [3.05, 3.63) is 11.3 Å². The molecule has 4 bridgehead atoms. The number of nitrogens with two attached hydrogens (primary N) is 1. The summed E-state index contributed by atoms with van der Waals surface area (Å²) < 4.78 is 0. The van der Waals surface area contributed by atoms with Gasteiger partial charge in [-0.3, -0.25) is 4.79 Å². The Balaban J connectivity index is 2.12. The van der Waals surface area contributed by atoms with Crippen LogP contribution in [-0.2, 0) is 4.79 Å². The first-order chi connectivity index (χ1) is 6.27. The molecule has 2 saturated heterocycles. The number of piperidine rings is 1. The lowest BCUT2D eigenvalue weighted by molar-refractivity contribution is -0.115. The fourth-order valence-electron chi connectivity index (χ4n) is 2.93. The summed E-state index contributed by atoms with van der Waals surface area (Å²) in [5.74, 6) is 0.988. The van der Waals surface area contributed by atoms with Crippen molar-refractivity contribution in [2.45, 2.75) is 12.5 Å². The van der Waals surface area contributed by atoms with Crippen molar-refractivity contribution in [3.63, 3.8) is 0 Å². The second-order valence-corrected chi connectivity index (χ2v) is 4.14. The van der Waals surface area contributed by atoms with Crippen LogP contribution in [0, 0.1) is 11.8 Å². The van der Waals surface area contributed by atoms with Crippen LogP contribution in [0.5, 0.6) is 0 Å². The van der Waals surface area contributed by atoms with Crippen LogP contribution in [0.3, 0.4) is 0 Å². The Morgan fingerprint density at radius 3 is 3.08 bits per heavy atom. The molecule has 4 nitrogen and oxygen atoms in total. The maximum atomic E-state index is 11.2. The van der Waals surface area contributed by atoms with E-state index in [1.807, 2.05) is 0 Å². The Bertz CT molecular complexity index is 310. The van der Waals surface area contributed by atoms with Crippen LogP contribution >= 0.6 is 0 Å². The zero-order valence-electron chi connectivity index (χ0n) is 7.34. The number of nitrogens with one attached hydrogen (secondary N) is 2. The molecule has 1 aliphatic carbocycles. The molecule has 0 radical (unpaired) electrons. The van der Waals surface area contributed by atoms with Crippen molar-refractivity contribution in [1.82, 2.24) is 10.6 Å². The van der Waals surface area contributed by atoms with E-state index < -0.39 is 0 Å². The van der Waals surface area contributed by atoms with E-state index in [1.165, 1.54) is 0 Å². The van der Waals surface area contributed by atoms with Crippen molar-refractivity contribution in [2.75, 3.05) is 13.1 Å². The third-order valence-electron chi connectivity index (χ3n) is 3.52. The van der Waals surface area contributed by atoms with Crippen molar-refractivity contribution < 1.29 is 4.79 Å². The molecule has 4 N–H and O–H groups in total. The first-order valence-corrected chi connectivity index (χ1v) is 4.78. The highest BCUT2D eigenvalue weighted by molar-refractivity contribution is 5.94. The largest absolute Gasteiger partial charge is 0.387 e. The predicted octanol–water partition coefficient (Wildman–Crippen LogP) is -1.06. The van der Waals surface area contributed by atoms with Gasteiger partial charge in [0.25, 0.3) is 0 Å². The van der Waals surface area contributed by atoms with Gasteiger partial charge in [-0.1, -0.05) is 0 Å². The first kappa shape index (κ1) is 7.38. The fourth-order valence-corrected chi connectivity index (χ4v) is 2.93. The minimum absolute atomic E-state index is 0.220. The van der Waals surface area contributed by atoms with Gasteiger partial charge in [0.1, 0.15) is 0 Å². The van der Waals surface area contributed by atoms with Crippen molar-refractivity contribution in [2.24, 2.45) is 17.6 Å². The topological polar surface area (TPSA) is 67.2 Å². The molecule has 0 spiro atoms. The molecule has 4 rings (SSSR count). The molecule has 3 aliphatic heterocycles. The van der Waals surface area contributed by atoms with E-state index in [1.54, 1.807) is 0 Å². The summed E-state index contributed by atoms with van der Waals surface area (Å²) in [5.41, 5.74) is 7.30. The molecular weight excluding hydrogens is 166 g/mol. The Kier molecular flexibility index (Phi) is 1.28. The summed E-state index contributed by atoms with van der Waals surface area (Å²) in [6.07, 6.45) is 1.07. The predicted molar refractivity (Wildman–Crippen MR) is 47.6 cm³/mol. The van der Waals surface area contributed by atoms with Crippen LogP contribution in [0.2, 0.25) is 0 Å². The van der Waals surface area contributed by atoms with Crippen LogP contribution in [0.4, 0.5) is 0 Å². The van der Waals surface area contributed by atoms with Crippen LogP contribution < -0.4 is 16.4 Å². The third kappa shape index (κ3) is 0.812. The summed E-state index contributed by atoms with van der Waals surface area (Å²) in [4.78, 5) is 11.2. The maximum Gasteiger partial charge on any atom is 0.247 e. The lowest BCUT2D eigenvalue weighted by Gasteiger charge is -2.39. The number of rotatable bonds is 1. The molecule has 0 aromatic carbocycles. The Morgan fingerprint density at radius 2 is 2.31 bits per heavy atom. The van der Waals surface area contributed by atoms with Gasteiger partial charge in [-0.2, -0.15) is 0 Å². The van der Waals surface area contributed by atoms with Crippen LogP contribution in [0.25, 0.3) is 0 Å². The Morgan fingerprint density at radius 1 is 1.46 bits per heavy atom. The highest BCUT2D eigenvalue weighted by Crippen LogP contribution is 2.41. The van der Waals surface area contributed by atoms with Crippen molar-refractivity contribution in [3.8, 4) is 0 Å². The quantitative estimate of drug-likeness (QED) is 0.480. The fraction of sp³-hybridized carbons (Fsp3) is 0.667. The second-order valence-electron chi connectivity index (χ2n) is 4.14. The number of fused-ring (bicyclic) bond motifs is 1. The molecule has 1 amide bonds. The molecule has 3 heterocycles. The number of primary amides is 1. The average molecular weight is 179 g/mol. The molecule has 4 aliphatic rings. The van der Waals surface area contributed by atoms with Crippen LogP contribution in [0.15, 0.2) is 11.3 Å². The molecule has 3 atom stereocenters. The highest BCUT2D eigenvalue weighted by atomic mass is 16.1. The van der Waals surface area contributed by atoms with E-state index in [2.05, 4.69) is 10.6 Å². The number of hydrogen-bond donors (Lipinski definition) is 3. The SMILES string of the molecule is NC(=O)C1=C2NCC3CC1NCC23. The second kappa shape index (κ2) is 2.26. The molecule has 13 heavy (non-hydrogen) atoms. The van der Waals surface area contributed by atoms with Gasteiger partial charge in [-0.25, -0.2) is 0 Å². The average Bonchev–Trinajstić information content (AvgIpc) is 2.44. The summed E-state index contributed by atoms with van der Waals surface area (Å²) in [6.45, 7) is 2.03. The summed E-state index contributed by atoms with van der Waals surface area (Å²) in [7, 11) is 0. The van der Waals surface area contributed by atoms with Crippen molar-refractivity contribution >= 4 is 5.91 Å².